The average molecular weight is 517 g/mol. The number of hydrogen-bond acceptors (Lipinski definition) is 7. The molecule has 37 heavy (non-hydrogen) atoms. The van der Waals surface area contributed by atoms with E-state index >= 15 is 0 Å². The first-order valence-electron chi connectivity index (χ1n) is 11.2. The summed E-state index contributed by atoms with van der Waals surface area (Å²) in [4.78, 5) is 27.9. The number of carbonyl (C=O) groups excluding carboxylic acids is 1. The first kappa shape index (κ1) is 25.6. The number of sulfone groups is 1. The number of aldehydes is 1. The number of aromatic carboxylic acids is 1. The molecular formula is C28H24N2O6S. The van der Waals surface area contributed by atoms with E-state index in [-0.39, 0.29) is 26.6 Å². The van der Waals surface area contributed by atoms with E-state index in [0.717, 1.165) is 5.56 Å². The van der Waals surface area contributed by atoms with Crippen LogP contribution in [0.2, 0.25) is 0 Å². The molecule has 0 atom stereocenters. The van der Waals surface area contributed by atoms with Crippen LogP contribution < -0.4 is 10.5 Å². The van der Waals surface area contributed by atoms with Gasteiger partial charge in [-0.3, -0.25) is 9.78 Å². The zero-order valence-corrected chi connectivity index (χ0v) is 21.0. The van der Waals surface area contributed by atoms with Gasteiger partial charge in [0, 0.05) is 23.5 Å². The number of nitrogens with two attached hydrogens (primary N) is 1. The Hall–Kier alpha value is -4.50. The van der Waals surface area contributed by atoms with Gasteiger partial charge in [0.15, 0.2) is 6.29 Å². The van der Waals surface area contributed by atoms with Crippen LogP contribution in [0.4, 0.5) is 5.69 Å². The van der Waals surface area contributed by atoms with E-state index < -0.39 is 21.4 Å². The van der Waals surface area contributed by atoms with E-state index in [1.165, 1.54) is 44.4 Å². The molecule has 8 nitrogen and oxygen atoms in total. The van der Waals surface area contributed by atoms with E-state index in [9.17, 15) is 23.1 Å². The summed E-state index contributed by atoms with van der Waals surface area (Å²) in [6.07, 6.45) is 4.45. The molecule has 0 aliphatic heterocycles. The highest BCUT2D eigenvalue weighted by atomic mass is 32.2. The van der Waals surface area contributed by atoms with Crippen molar-refractivity contribution in [3.8, 4) is 16.9 Å². The maximum absolute atomic E-state index is 13.4. The third-order valence-corrected chi connectivity index (χ3v) is 8.04. The molecule has 0 amide bonds. The van der Waals surface area contributed by atoms with E-state index in [0.29, 0.717) is 35.1 Å². The van der Waals surface area contributed by atoms with Crippen LogP contribution in [0.15, 0.2) is 82.8 Å². The van der Waals surface area contributed by atoms with Crippen LogP contribution in [-0.2, 0) is 16.3 Å². The molecular weight excluding hydrogens is 492 g/mol. The fraction of sp³-hybridized carbons (Fsp3) is 0.107. The van der Waals surface area contributed by atoms with Crippen molar-refractivity contribution in [1.82, 2.24) is 4.98 Å². The minimum atomic E-state index is -4.16. The summed E-state index contributed by atoms with van der Waals surface area (Å²) < 4.78 is 31.9. The van der Waals surface area contributed by atoms with E-state index in [2.05, 4.69) is 4.98 Å². The Labute approximate surface area is 214 Å². The van der Waals surface area contributed by atoms with Crippen LogP contribution in [0.3, 0.4) is 0 Å². The van der Waals surface area contributed by atoms with Crippen molar-refractivity contribution in [2.75, 3.05) is 12.8 Å². The highest BCUT2D eigenvalue weighted by Gasteiger charge is 2.28. The van der Waals surface area contributed by atoms with Gasteiger partial charge >= 0.3 is 5.97 Å². The van der Waals surface area contributed by atoms with Gasteiger partial charge in [0.25, 0.3) is 0 Å². The van der Waals surface area contributed by atoms with Crippen LogP contribution in [0.25, 0.3) is 11.1 Å². The standard InChI is InChI=1S/C28H24N2O6S/c1-17-12-20(23-10-5-19(25(16-31)26(23)29)13-18-4-3-11-30-15-18)14-24(28(32)33)27(17)37(34,35)22-8-6-21(36-2)7-9-22/h3-12,14-16H,13,29H2,1-2H3,(H,32,33). The lowest BCUT2D eigenvalue weighted by Crippen LogP contribution is -2.12. The number of aromatic nitrogens is 1. The van der Waals surface area contributed by atoms with Crippen LogP contribution in [-0.4, -0.2) is 37.9 Å². The number of nitrogen functional groups attached to an aromatic ring is 1. The Morgan fingerprint density at radius 3 is 2.43 bits per heavy atom. The second kappa shape index (κ2) is 10.2. The van der Waals surface area contributed by atoms with Gasteiger partial charge in [0.05, 0.1) is 28.2 Å². The topological polar surface area (TPSA) is 137 Å². The summed E-state index contributed by atoms with van der Waals surface area (Å²) in [5.41, 5.74) is 9.08. The SMILES string of the molecule is COc1ccc(S(=O)(=O)c2c(C)cc(-c3ccc(Cc4cccnc4)c(C=O)c3N)cc2C(=O)O)cc1. The summed E-state index contributed by atoms with van der Waals surface area (Å²) in [5.74, 6) is -0.933. The van der Waals surface area contributed by atoms with Crippen LogP contribution in [0, 0.1) is 6.92 Å². The monoisotopic (exact) mass is 516 g/mol. The summed E-state index contributed by atoms with van der Waals surface area (Å²) in [5, 5.41) is 9.95. The molecule has 0 aliphatic rings. The van der Waals surface area contributed by atoms with Crippen molar-refractivity contribution < 1.29 is 27.9 Å². The predicted octanol–water partition coefficient (Wildman–Crippen LogP) is 4.58. The molecule has 0 spiro atoms. The minimum absolute atomic E-state index is 0.0610. The smallest absolute Gasteiger partial charge is 0.337 e. The molecule has 0 bridgehead atoms. The number of aryl methyl sites for hydroxylation is 1. The number of carboxylic acid groups (broad SMARTS) is 1. The Morgan fingerprint density at radius 1 is 1.11 bits per heavy atom. The van der Waals surface area contributed by atoms with Crippen molar-refractivity contribution in [3.05, 3.63) is 101 Å². The van der Waals surface area contributed by atoms with Crippen molar-refractivity contribution in [2.45, 2.75) is 23.1 Å². The Morgan fingerprint density at radius 2 is 1.84 bits per heavy atom. The van der Waals surface area contributed by atoms with E-state index in [1.807, 2.05) is 6.07 Å². The summed E-state index contributed by atoms with van der Waals surface area (Å²) >= 11 is 0. The molecule has 4 rings (SSSR count). The number of methoxy groups -OCH3 is 1. The van der Waals surface area contributed by atoms with Gasteiger partial charge in [0.1, 0.15) is 5.75 Å². The molecule has 0 aliphatic carbocycles. The van der Waals surface area contributed by atoms with Crippen LogP contribution >= 0.6 is 0 Å². The van der Waals surface area contributed by atoms with Gasteiger partial charge < -0.3 is 15.6 Å². The van der Waals surface area contributed by atoms with Crippen LogP contribution in [0.1, 0.15) is 37.4 Å². The zero-order chi connectivity index (χ0) is 26.7. The van der Waals surface area contributed by atoms with Gasteiger partial charge in [-0.15, -0.1) is 0 Å². The van der Waals surface area contributed by atoms with Crippen molar-refractivity contribution in [2.24, 2.45) is 0 Å². The molecule has 188 valence electrons. The fourth-order valence-electron chi connectivity index (χ4n) is 4.27. The maximum Gasteiger partial charge on any atom is 0.337 e. The second-order valence-corrected chi connectivity index (χ2v) is 10.3. The lowest BCUT2D eigenvalue weighted by Gasteiger charge is -2.17. The van der Waals surface area contributed by atoms with Crippen molar-refractivity contribution in [3.63, 3.8) is 0 Å². The molecule has 0 unspecified atom stereocenters. The number of ether oxygens (including phenoxy) is 1. The van der Waals surface area contributed by atoms with Crippen molar-refractivity contribution in [1.29, 1.82) is 0 Å². The third kappa shape index (κ3) is 4.94. The Bertz CT molecular complexity index is 1600. The normalized spacial score (nSPS) is 11.2. The molecule has 0 saturated carbocycles. The summed E-state index contributed by atoms with van der Waals surface area (Å²) in [7, 11) is -2.70. The molecule has 3 aromatic carbocycles. The van der Waals surface area contributed by atoms with Gasteiger partial charge in [0.2, 0.25) is 9.84 Å². The van der Waals surface area contributed by atoms with Gasteiger partial charge in [-0.05, 0) is 78.1 Å². The number of carboxylic acids is 1. The lowest BCUT2D eigenvalue weighted by atomic mass is 9.92. The molecule has 0 saturated heterocycles. The third-order valence-electron chi connectivity index (χ3n) is 6.07. The first-order valence-corrected chi connectivity index (χ1v) is 12.7. The average Bonchev–Trinajstić information content (AvgIpc) is 2.89. The molecule has 4 aromatic rings. The second-order valence-electron chi connectivity index (χ2n) is 8.41. The minimum Gasteiger partial charge on any atom is -0.497 e. The zero-order valence-electron chi connectivity index (χ0n) is 20.1. The first-order chi connectivity index (χ1) is 17.7. The van der Waals surface area contributed by atoms with Gasteiger partial charge in [-0.2, -0.15) is 0 Å². The highest BCUT2D eigenvalue weighted by Crippen LogP contribution is 2.36. The Kier molecular flexibility index (Phi) is 7.08. The van der Waals surface area contributed by atoms with Gasteiger partial charge in [-0.25, -0.2) is 13.2 Å². The van der Waals surface area contributed by atoms with Gasteiger partial charge in [-0.1, -0.05) is 18.2 Å². The number of carbonyl (C=O) groups is 2. The Balaban J connectivity index is 1.83. The highest BCUT2D eigenvalue weighted by molar-refractivity contribution is 7.91. The molecule has 1 heterocycles. The maximum atomic E-state index is 13.4. The fourth-order valence-corrected chi connectivity index (χ4v) is 5.92. The number of rotatable bonds is 8. The number of pyridine rings is 1. The number of nitrogens with zero attached hydrogens (tertiary/aromatic N) is 1. The van der Waals surface area contributed by atoms with E-state index in [4.69, 9.17) is 10.5 Å². The number of hydrogen-bond donors (Lipinski definition) is 2. The summed E-state index contributed by atoms with van der Waals surface area (Å²) in [6.45, 7) is 1.53. The number of benzene rings is 3. The predicted molar refractivity (Wildman–Crippen MR) is 139 cm³/mol. The quantitative estimate of drug-likeness (QED) is 0.256. The largest absolute Gasteiger partial charge is 0.497 e. The van der Waals surface area contributed by atoms with E-state index in [1.54, 1.807) is 36.7 Å². The molecule has 9 heteroatoms. The number of anilines is 1. The van der Waals surface area contributed by atoms with Crippen LogP contribution in [0.5, 0.6) is 5.75 Å². The van der Waals surface area contributed by atoms with Crippen molar-refractivity contribution >= 4 is 27.8 Å². The summed E-state index contributed by atoms with van der Waals surface area (Å²) in [6, 6.07) is 15.7. The molecule has 1 aromatic heterocycles. The molecule has 3 N–H and O–H groups in total. The lowest BCUT2D eigenvalue weighted by molar-refractivity contribution is 0.0692. The molecule has 0 fully saturated rings. The molecule has 0 radical (unpaired) electrons.